The second-order valence-corrected chi connectivity index (χ2v) is 7.20. The van der Waals surface area contributed by atoms with E-state index in [9.17, 15) is 9.18 Å². The first-order valence-electron chi connectivity index (χ1n) is 9.55. The summed E-state index contributed by atoms with van der Waals surface area (Å²) in [6.07, 6.45) is 3.21. The summed E-state index contributed by atoms with van der Waals surface area (Å²) >= 11 is 0. The molecule has 1 aliphatic rings. The van der Waals surface area contributed by atoms with Gasteiger partial charge in [0.05, 0.1) is 18.4 Å². The van der Waals surface area contributed by atoms with Crippen molar-refractivity contribution in [2.45, 2.75) is 32.4 Å². The molecular weight excluding hydrogens is 355 g/mol. The largest absolute Gasteiger partial charge is 0.467 e. The number of anilines is 1. The number of hydrogen-bond donors (Lipinski definition) is 1. The third-order valence-electron chi connectivity index (χ3n) is 5.26. The molecule has 1 amide bonds. The predicted octanol–water partition coefficient (Wildman–Crippen LogP) is 4.34. The van der Waals surface area contributed by atoms with E-state index in [1.54, 1.807) is 24.5 Å². The van der Waals surface area contributed by atoms with E-state index < -0.39 is 0 Å². The van der Waals surface area contributed by atoms with Crippen molar-refractivity contribution in [3.05, 3.63) is 89.1 Å². The molecule has 2 aromatic carbocycles. The number of furan rings is 1. The summed E-state index contributed by atoms with van der Waals surface area (Å²) < 4.78 is 18.6. The molecule has 0 spiro atoms. The van der Waals surface area contributed by atoms with Crippen LogP contribution >= 0.6 is 0 Å². The Morgan fingerprint density at radius 2 is 1.96 bits per heavy atom. The maximum absolute atomic E-state index is 13.0. The number of carbonyl (C=O) groups is 1. The van der Waals surface area contributed by atoms with Crippen molar-refractivity contribution < 1.29 is 13.6 Å². The van der Waals surface area contributed by atoms with E-state index in [2.05, 4.69) is 35.3 Å². The normalized spacial score (nSPS) is 15.5. The van der Waals surface area contributed by atoms with Gasteiger partial charge in [-0.15, -0.1) is 0 Å². The van der Waals surface area contributed by atoms with Gasteiger partial charge in [-0.25, -0.2) is 4.39 Å². The first-order valence-corrected chi connectivity index (χ1v) is 9.55. The van der Waals surface area contributed by atoms with Crippen molar-refractivity contribution in [2.75, 3.05) is 11.4 Å². The number of benzene rings is 2. The second kappa shape index (κ2) is 7.89. The van der Waals surface area contributed by atoms with E-state index in [0.29, 0.717) is 36.9 Å². The van der Waals surface area contributed by atoms with Gasteiger partial charge in [-0.3, -0.25) is 4.79 Å². The van der Waals surface area contributed by atoms with Crippen LogP contribution in [0.25, 0.3) is 0 Å². The van der Waals surface area contributed by atoms with E-state index in [1.165, 1.54) is 23.4 Å². The number of fused-ring (bicyclic) bond motifs is 1. The Hall–Kier alpha value is -3.08. The summed E-state index contributed by atoms with van der Waals surface area (Å²) in [5.74, 6) is 0.266. The number of para-hydroxylation sites is 1. The molecule has 5 heteroatoms. The molecule has 144 valence electrons. The first kappa shape index (κ1) is 18.3. The minimum absolute atomic E-state index is 0.147. The van der Waals surface area contributed by atoms with Crippen molar-refractivity contribution in [3.8, 4) is 0 Å². The number of nitrogens with zero attached hydrogens (tertiary/aromatic N) is 1. The summed E-state index contributed by atoms with van der Waals surface area (Å²) in [6, 6.07) is 16.8. The number of carbonyl (C=O) groups excluding carboxylic acids is 1. The van der Waals surface area contributed by atoms with E-state index in [4.69, 9.17) is 4.42 Å². The maximum atomic E-state index is 13.0. The first-order chi connectivity index (χ1) is 13.6. The second-order valence-electron chi connectivity index (χ2n) is 7.20. The van der Waals surface area contributed by atoms with Gasteiger partial charge in [0, 0.05) is 18.3 Å². The van der Waals surface area contributed by atoms with Gasteiger partial charge in [-0.05, 0) is 55.2 Å². The van der Waals surface area contributed by atoms with E-state index in [1.807, 2.05) is 6.07 Å². The molecule has 0 aliphatic carbocycles. The van der Waals surface area contributed by atoms with Gasteiger partial charge in [0.2, 0.25) is 0 Å². The minimum Gasteiger partial charge on any atom is -0.467 e. The van der Waals surface area contributed by atoms with Gasteiger partial charge >= 0.3 is 0 Å². The van der Waals surface area contributed by atoms with Crippen LogP contribution < -0.4 is 10.2 Å². The van der Waals surface area contributed by atoms with Crippen molar-refractivity contribution in [1.29, 1.82) is 0 Å². The average molecular weight is 378 g/mol. The molecule has 1 aliphatic heterocycles. The minimum atomic E-state index is -0.256. The Bertz CT molecular complexity index is 965. The average Bonchev–Trinajstić information content (AvgIpc) is 3.28. The van der Waals surface area contributed by atoms with Crippen LogP contribution in [-0.2, 0) is 19.4 Å². The number of amides is 1. The fourth-order valence-electron chi connectivity index (χ4n) is 3.76. The molecule has 4 rings (SSSR count). The fraction of sp³-hybridized carbons (Fsp3) is 0.261. The Labute approximate surface area is 164 Å². The number of hydrogen-bond acceptors (Lipinski definition) is 3. The van der Waals surface area contributed by atoms with E-state index in [0.717, 1.165) is 12.0 Å². The van der Waals surface area contributed by atoms with Crippen LogP contribution in [0.1, 0.15) is 34.2 Å². The van der Waals surface area contributed by atoms with Crippen molar-refractivity contribution in [2.24, 2.45) is 0 Å². The molecule has 1 atom stereocenters. The number of halogens is 1. The predicted molar refractivity (Wildman–Crippen MR) is 107 cm³/mol. The zero-order valence-electron chi connectivity index (χ0n) is 15.8. The molecule has 4 nitrogen and oxygen atoms in total. The lowest BCUT2D eigenvalue weighted by molar-refractivity contribution is 0.0952. The fourth-order valence-corrected chi connectivity index (χ4v) is 3.76. The molecule has 0 saturated heterocycles. The monoisotopic (exact) mass is 378 g/mol. The molecule has 28 heavy (non-hydrogen) atoms. The molecule has 1 unspecified atom stereocenters. The third kappa shape index (κ3) is 3.79. The van der Waals surface area contributed by atoms with Crippen molar-refractivity contribution in [1.82, 2.24) is 5.32 Å². The lowest BCUT2D eigenvalue weighted by Gasteiger charge is -2.24. The quantitative estimate of drug-likeness (QED) is 0.694. The summed E-state index contributed by atoms with van der Waals surface area (Å²) in [5.41, 5.74) is 4.08. The molecule has 1 N–H and O–H groups in total. The van der Waals surface area contributed by atoms with Crippen LogP contribution in [0.3, 0.4) is 0 Å². The van der Waals surface area contributed by atoms with Crippen LogP contribution in [0.4, 0.5) is 10.1 Å². The van der Waals surface area contributed by atoms with Crippen LogP contribution in [0.15, 0.2) is 65.3 Å². The lowest BCUT2D eigenvalue weighted by Crippen LogP contribution is -2.31. The number of nitrogens with one attached hydrogen (secondary N) is 1. The smallest absolute Gasteiger partial charge is 0.254 e. The zero-order valence-corrected chi connectivity index (χ0v) is 15.8. The van der Waals surface area contributed by atoms with Crippen LogP contribution in [0.5, 0.6) is 0 Å². The zero-order chi connectivity index (χ0) is 19.5. The van der Waals surface area contributed by atoms with Crippen LogP contribution in [0.2, 0.25) is 0 Å². The van der Waals surface area contributed by atoms with Crippen molar-refractivity contribution in [3.63, 3.8) is 0 Å². The van der Waals surface area contributed by atoms with E-state index >= 15 is 0 Å². The Morgan fingerprint density at radius 3 is 2.79 bits per heavy atom. The molecule has 1 aromatic heterocycles. The van der Waals surface area contributed by atoms with Crippen LogP contribution in [0, 0.1) is 5.82 Å². The van der Waals surface area contributed by atoms with E-state index in [-0.39, 0.29) is 11.7 Å². The Balaban J connectivity index is 1.40. The highest BCUT2D eigenvalue weighted by Crippen LogP contribution is 2.33. The standard InChI is InChI=1S/C23H23FN2O2/c1-16-14-18-4-2-3-5-21(18)26(16)15-22-20(11-13-28-22)23(27)25-12-10-17-6-8-19(24)9-7-17/h2-9,11,13,16H,10,12,14-15H2,1H3,(H,25,27). The molecule has 0 bridgehead atoms. The molecule has 3 aromatic rings. The van der Waals surface area contributed by atoms with Gasteiger partial charge in [-0.1, -0.05) is 30.3 Å². The van der Waals surface area contributed by atoms with Crippen molar-refractivity contribution >= 4 is 11.6 Å². The summed E-state index contributed by atoms with van der Waals surface area (Å²) in [6.45, 7) is 3.23. The highest BCUT2D eigenvalue weighted by molar-refractivity contribution is 5.95. The van der Waals surface area contributed by atoms with Gasteiger partial charge < -0.3 is 14.6 Å². The lowest BCUT2D eigenvalue weighted by atomic mass is 10.1. The van der Waals surface area contributed by atoms with Gasteiger partial charge in [0.25, 0.3) is 5.91 Å². The summed E-state index contributed by atoms with van der Waals surface area (Å²) in [4.78, 5) is 14.9. The summed E-state index contributed by atoms with van der Waals surface area (Å²) in [7, 11) is 0. The highest BCUT2D eigenvalue weighted by atomic mass is 19.1. The third-order valence-corrected chi connectivity index (χ3v) is 5.26. The highest BCUT2D eigenvalue weighted by Gasteiger charge is 2.27. The molecule has 0 saturated carbocycles. The maximum Gasteiger partial charge on any atom is 0.254 e. The number of rotatable bonds is 6. The van der Waals surface area contributed by atoms with Gasteiger partial charge in [0.15, 0.2) is 0 Å². The van der Waals surface area contributed by atoms with Gasteiger partial charge in [0.1, 0.15) is 11.6 Å². The van der Waals surface area contributed by atoms with Crippen LogP contribution in [-0.4, -0.2) is 18.5 Å². The molecule has 0 fully saturated rings. The summed E-state index contributed by atoms with van der Waals surface area (Å²) in [5, 5.41) is 2.93. The molecular formula is C23H23FN2O2. The Morgan fingerprint density at radius 1 is 1.18 bits per heavy atom. The topological polar surface area (TPSA) is 45.5 Å². The molecule has 0 radical (unpaired) electrons. The van der Waals surface area contributed by atoms with Gasteiger partial charge in [-0.2, -0.15) is 0 Å². The molecule has 2 heterocycles. The SMILES string of the molecule is CC1Cc2ccccc2N1Cc1occc1C(=O)NCCc1ccc(F)cc1. The Kier molecular flexibility index (Phi) is 5.15.